The van der Waals surface area contributed by atoms with Crippen molar-refractivity contribution in [1.29, 1.82) is 0 Å². The molecule has 0 aliphatic heterocycles. The minimum atomic E-state index is 0.651. The number of hydrogen-bond acceptors (Lipinski definition) is 3. The van der Waals surface area contributed by atoms with E-state index in [4.69, 9.17) is 4.42 Å². The zero-order chi connectivity index (χ0) is 11.5. The van der Waals surface area contributed by atoms with Crippen LogP contribution in [-0.2, 0) is 6.54 Å². The van der Waals surface area contributed by atoms with E-state index >= 15 is 0 Å². The van der Waals surface area contributed by atoms with Crippen molar-refractivity contribution in [2.24, 2.45) is 0 Å². The Balaban J connectivity index is 1.81. The van der Waals surface area contributed by atoms with Crippen molar-refractivity contribution in [2.75, 3.05) is 5.32 Å². The summed E-state index contributed by atoms with van der Waals surface area (Å²) in [6, 6.07) is 15.9. The molecule has 3 rings (SSSR count). The van der Waals surface area contributed by atoms with E-state index < -0.39 is 0 Å². The minimum absolute atomic E-state index is 0.651. The smallest absolute Gasteiger partial charge is 0.127 e. The zero-order valence-electron chi connectivity index (χ0n) is 9.26. The van der Waals surface area contributed by atoms with E-state index in [1.54, 1.807) is 6.26 Å². The van der Waals surface area contributed by atoms with Crippen LogP contribution in [0.15, 0.2) is 59.2 Å². The van der Waals surface area contributed by atoms with Crippen LogP contribution >= 0.6 is 0 Å². The standard InChI is InChI=1S/C14H12N2O/c1-2-6-13-11(4-1)7-8-14(16-13)15-10-12-5-3-9-17-12/h1-9H,10H2,(H,15,16). The summed E-state index contributed by atoms with van der Waals surface area (Å²) in [6.45, 7) is 0.651. The number of nitrogens with one attached hydrogen (secondary N) is 1. The topological polar surface area (TPSA) is 38.1 Å². The molecule has 0 amide bonds. The number of hydrogen-bond donors (Lipinski definition) is 1. The van der Waals surface area contributed by atoms with E-state index in [-0.39, 0.29) is 0 Å². The number of fused-ring (bicyclic) bond motifs is 1. The van der Waals surface area contributed by atoms with Gasteiger partial charge >= 0.3 is 0 Å². The van der Waals surface area contributed by atoms with Gasteiger partial charge in [-0.1, -0.05) is 18.2 Å². The normalized spacial score (nSPS) is 10.6. The molecule has 0 fully saturated rings. The number of furan rings is 1. The van der Waals surface area contributed by atoms with Gasteiger partial charge < -0.3 is 9.73 Å². The van der Waals surface area contributed by atoms with E-state index in [1.165, 1.54) is 0 Å². The number of anilines is 1. The van der Waals surface area contributed by atoms with Gasteiger partial charge in [-0.25, -0.2) is 4.98 Å². The third-order valence-corrected chi connectivity index (χ3v) is 2.62. The number of pyridine rings is 1. The van der Waals surface area contributed by atoms with Crippen molar-refractivity contribution in [2.45, 2.75) is 6.54 Å². The van der Waals surface area contributed by atoms with Crippen LogP contribution in [0.2, 0.25) is 0 Å². The lowest BCUT2D eigenvalue weighted by atomic mass is 10.2. The minimum Gasteiger partial charge on any atom is -0.467 e. The SMILES string of the molecule is c1coc(CNc2ccc3ccccc3n2)c1. The molecule has 0 radical (unpaired) electrons. The highest BCUT2D eigenvalue weighted by Crippen LogP contribution is 2.15. The second-order valence-electron chi connectivity index (χ2n) is 3.82. The summed E-state index contributed by atoms with van der Waals surface area (Å²) in [7, 11) is 0. The van der Waals surface area contributed by atoms with Crippen molar-refractivity contribution in [3.8, 4) is 0 Å². The van der Waals surface area contributed by atoms with Crippen LogP contribution < -0.4 is 5.32 Å². The monoisotopic (exact) mass is 224 g/mol. The Morgan fingerprint density at radius 1 is 1.00 bits per heavy atom. The predicted molar refractivity (Wildman–Crippen MR) is 67.8 cm³/mol. The molecule has 3 aromatic rings. The second-order valence-corrected chi connectivity index (χ2v) is 3.82. The van der Waals surface area contributed by atoms with Crippen LogP contribution in [0.25, 0.3) is 10.9 Å². The van der Waals surface area contributed by atoms with E-state index in [9.17, 15) is 0 Å². The number of aromatic nitrogens is 1. The lowest BCUT2D eigenvalue weighted by molar-refractivity contribution is 0.518. The van der Waals surface area contributed by atoms with Crippen LogP contribution in [0.1, 0.15) is 5.76 Å². The fourth-order valence-corrected chi connectivity index (χ4v) is 1.76. The molecule has 3 heteroatoms. The molecule has 0 aliphatic carbocycles. The maximum Gasteiger partial charge on any atom is 0.127 e. The number of nitrogens with zero attached hydrogens (tertiary/aromatic N) is 1. The first-order valence-electron chi connectivity index (χ1n) is 5.54. The zero-order valence-corrected chi connectivity index (χ0v) is 9.26. The summed E-state index contributed by atoms with van der Waals surface area (Å²) in [6.07, 6.45) is 1.67. The molecule has 1 aromatic carbocycles. The number of rotatable bonds is 3. The Labute approximate surface area is 99.1 Å². The predicted octanol–water partition coefficient (Wildman–Crippen LogP) is 3.44. The molecule has 1 N–H and O–H groups in total. The van der Waals surface area contributed by atoms with Gasteiger partial charge in [0.25, 0.3) is 0 Å². The lowest BCUT2D eigenvalue weighted by Crippen LogP contribution is -2.00. The molecule has 0 saturated heterocycles. The Bertz CT molecular complexity index is 617. The molecule has 3 nitrogen and oxygen atoms in total. The average Bonchev–Trinajstić information content (AvgIpc) is 2.89. The molecule has 0 saturated carbocycles. The molecule has 0 atom stereocenters. The first kappa shape index (κ1) is 9.90. The first-order valence-corrected chi connectivity index (χ1v) is 5.54. The maximum atomic E-state index is 5.25. The highest BCUT2D eigenvalue weighted by molar-refractivity contribution is 5.79. The lowest BCUT2D eigenvalue weighted by Gasteiger charge is -2.04. The molecule has 0 unspecified atom stereocenters. The van der Waals surface area contributed by atoms with Gasteiger partial charge in [0.1, 0.15) is 11.6 Å². The summed E-state index contributed by atoms with van der Waals surface area (Å²) < 4.78 is 5.25. The largest absolute Gasteiger partial charge is 0.467 e. The van der Waals surface area contributed by atoms with Gasteiger partial charge in [-0.15, -0.1) is 0 Å². The second kappa shape index (κ2) is 4.29. The molecule has 0 aliphatic rings. The summed E-state index contributed by atoms with van der Waals surface area (Å²) >= 11 is 0. The molecule has 0 spiro atoms. The Morgan fingerprint density at radius 2 is 1.94 bits per heavy atom. The van der Waals surface area contributed by atoms with Crippen LogP contribution in [0.4, 0.5) is 5.82 Å². The molecule has 2 aromatic heterocycles. The molecular weight excluding hydrogens is 212 g/mol. The van der Waals surface area contributed by atoms with Crippen LogP contribution in [0.3, 0.4) is 0 Å². The summed E-state index contributed by atoms with van der Waals surface area (Å²) in [4.78, 5) is 4.52. The van der Waals surface area contributed by atoms with Gasteiger partial charge in [0.15, 0.2) is 0 Å². The van der Waals surface area contributed by atoms with Gasteiger partial charge in [0.05, 0.1) is 18.3 Å². The van der Waals surface area contributed by atoms with Crippen molar-refractivity contribution in [3.05, 3.63) is 60.6 Å². The molecule has 17 heavy (non-hydrogen) atoms. The Morgan fingerprint density at radius 3 is 2.82 bits per heavy atom. The maximum absolute atomic E-state index is 5.25. The first-order chi connectivity index (χ1) is 8.42. The van der Waals surface area contributed by atoms with Gasteiger partial charge in [-0.2, -0.15) is 0 Å². The fraction of sp³-hybridized carbons (Fsp3) is 0.0714. The van der Waals surface area contributed by atoms with E-state index in [1.807, 2.05) is 36.4 Å². The number of benzene rings is 1. The molecule has 2 heterocycles. The van der Waals surface area contributed by atoms with E-state index in [0.29, 0.717) is 6.54 Å². The van der Waals surface area contributed by atoms with Crippen molar-refractivity contribution in [3.63, 3.8) is 0 Å². The van der Waals surface area contributed by atoms with Gasteiger partial charge in [-0.05, 0) is 30.3 Å². The third-order valence-electron chi connectivity index (χ3n) is 2.62. The Hall–Kier alpha value is -2.29. The quantitative estimate of drug-likeness (QED) is 0.740. The summed E-state index contributed by atoms with van der Waals surface area (Å²) in [5.74, 6) is 1.76. The van der Waals surface area contributed by atoms with Gasteiger partial charge in [0.2, 0.25) is 0 Å². The average molecular weight is 224 g/mol. The third kappa shape index (κ3) is 2.13. The molecule has 0 bridgehead atoms. The van der Waals surface area contributed by atoms with Crippen LogP contribution in [-0.4, -0.2) is 4.98 Å². The van der Waals surface area contributed by atoms with Crippen LogP contribution in [0.5, 0.6) is 0 Å². The van der Waals surface area contributed by atoms with Crippen molar-refractivity contribution in [1.82, 2.24) is 4.98 Å². The summed E-state index contributed by atoms with van der Waals surface area (Å²) in [5, 5.41) is 4.38. The van der Waals surface area contributed by atoms with E-state index in [0.717, 1.165) is 22.5 Å². The number of para-hydroxylation sites is 1. The van der Waals surface area contributed by atoms with Gasteiger partial charge in [-0.3, -0.25) is 0 Å². The van der Waals surface area contributed by atoms with Crippen molar-refractivity contribution >= 4 is 16.7 Å². The van der Waals surface area contributed by atoms with Gasteiger partial charge in [0, 0.05) is 5.39 Å². The molecular formula is C14H12N2O. The highest BCUT2D eigenvalue weighted by Gasteiger charge is 1.99. The van der Waals surface area contributed by atoms with Crippen molar-refractivity contribution < 1.29 is 4.42 Å². The summed E-state index contributed by atoms with van der Waals surface area (Å²) in [5.41, 5.74) is 0.997. The van der Waals surface area contributed by atoms with E-state index in [2.05, 4.69) is 22.4 Å². The fourth-order valence-electron chi connectivity index (χ4n) is 1.76. The Kier molecular flexibility index (Phi) is 2.50. The van der Waals surface area contributed by atoms with Crippen LogP contribution in [0, 0.1) is 0 Å². The highest BCUT2D eigenvalue weighted by atomic mass is 16.3. The molecule has 84 valence electrons.